The van der Waals surface area contributed by atoms with Crippen LogP contribution >= 0.6 is 11.3 Å². The minimum absolute atomic E-state index is 0.504. The predicted octanol–water partition coefficient (Wildman–Crippen LogP) is 2.77. The van der Waals surface area contributed by atoms with Crippen LogP contribution < -0.4 is 10.1 Å². The van der Waals surface area contributed by atoms with Gasteiger partial charge in [0.2, 0.25) is 0 Å². The summed E-state index contributed by atoms with van der Waals surface area (Å²) in [7, 11) is 0. The highest BCUT2D eigenvalue weighted by Crippen LogP contribution is 2.28. The van der Waals surface area contributed by atoms with Gasteiger partial charge >= 0.3 is 0 Å². The lowest BCUT2D eigenvalue weighted by Gasteiger charge is -2.20. The normalized spacial score (nSPS) is 15.5. The number of hydrogen-bond acceptors (Lipinski definition) is 6. The summed E-state index contributed by atoms with van der Waals surface area (Å²) in [6, 6.07) is 7.81. The van der Waals surface area contributed by atoms with E-state index in [0.29, 0.717) is 12.5 Å². The quantitative estimate of drug-likeness (QED) is 0.773. The molecule has 0 unspecified atom stereocenters. The summed E-state index contributed by atoms with van der Waals surface area (Å²) in [5.41, 5.74) is 1.97. The third-order valence-electron chi connectivity index (χ3n) is 4.17. The number of thiazole rings is 1. The monoisotopic (exact) mass is 341 g/mol. The number of aromatic nitrogens is 4. The van der Waals surface area contributed by atoms with E-state index >= 15 is 0 Å². The van der Waals surface area contributed by atoms with Gasteiger partial charge < -0.3 is 10.1 Å². The van der Waals surface area contributed by atoms with E-state index in [1.165, 1.54) is 17.8 Å². The molecule has 3 aromatic rings. The fourth-order valence-electron chi connectivity index (χ4n) is 2.84. The molecule has 1 aromatic carbocycles. The molecule has 24 heavy (non-hydrogen) atoms. The van der Waals surface area contributed by atoms with Gasteiger partial charge in [0.15, 0.2) is 0 Å². The number of piperidine rings is 1. The zero-order valence-electron chi connectivity index (χ0n) is 13.3. The molecule has 1 saturated heterocycles. The lowest BCUT2D eigenvalue weighted by Crippen LogP contribution is -2.26. The summed E-state index contributed by atoms with van der Waals surface area (Å²) in [5.74, 6) is 1.43. The first kappa shape index (κ1) is 15.3. The Balaban J connectivity index is 1.36. The molecule has 1 aliphatic rings. The van der Waals surface area contributed by atoms with Crippen molar-refractivity contribution in [1.29, 1.82) is 0 Å². The molecular weight excluding hydrogens is 322 g/mol. The van der Waals surface area contributed by atoms with E-state index in [1.807, 2.05) is 30.5 Å². The molecule has 2 aromatic heterocycles. The highest BCUT2D eigenvalue weighted by molar-refractivity contribution is 7.09. The Morgan fingerprint density at radius 2 is 2.04 bits per heavy atom. The average molecular weight is 341 g/mol. The molecule has 0 aliphatic carbocycles. The van der Waals surface area contributed by atoms with Crippen molar-refractivity contribution in [3.8, 4) is 11.4 Å². The summed E-state index contributed by atoms with van der Waals surface area (Å²) in [4.78, 5) is 4.75. The van der Waals surface area contributed by atoms with E-state index in [-0.39, 0.29) is 0 Å². The molecule has 6 nitrogen and oxygen atoms in total. The molecule has 1 N–H and O–H groups in total. The van der Waals surface area contributed by atoms with E-state index in [2.05, 4.69) is 21.0 Å². The zero-order valence-corrected chi connectivity index (χ0v) is 14.1. The third-order valence-corrected chi connectivity index (χ3v) is 5.22. The van der Waals surface area contributed by atoms with Crippen LogP contribution in [0.25, 0.3) is 5.69 Å². The first-order chi connectivity index (χ1) is 11.9. The Hall–Kier alpha value is -2.25. The number of nitrogens with one attached hydrogen (secondary N) is 1. The first-order valence-electron chi connectivity index (χ1n) is 8.13. The second-order valence-electron chi connectivity index (χ2n) is 5.83. The van der Waals surface area contributed by atoms with Crippen LogP contribution in [0.1, 0.15) is 29.5 Å². The van der Waals surface area contributed by atoms with Crippen molar-refractivity contribution < 1.29 is 4.74 Å². The van der Waals surface area contributed by atoms with Crippen molar-refractivity contribution in [2.24, 2.45) is 0 Å². The smallest absolute Gasteiger partial charge is 0.131 e. The third kappa shape index (κ3) is 3.47. The van der Waals surface area contributed by atoms with Crippen molar-refractivity contribution >= 4 is 11.3 Å². The molecule has 124 valence electrons. The maximum Gasteiger partial charge on any atom is 0.131 e. The number of hydrogen-bond donors (Lipinski definition) is 1. The van der Waals surface area contributed by atoms with Crippen molar-refractivity contribution in [3.63, 3.8) is 0 Å². The van der Waals surface area contributed by atoms with Gasteiger partial charge in [-0.2, -0.15) is 0 Å². The molecule has 3 heterocycles. The zero-order chi connectivity index (χ0) is 16.2. The molecule has 0 radical (unpaired) electrons. The van der Waals surface area contributed by atoms with E-state index in [4.69, 9.17) is 9.72 Å². The van der Waals surface area contributed by atoms with Gasteiger partial charge in [-0.15, -0.1) is 16.4 Å². The van der Waals surface area contributed by atoms with Gasteiger partial charge in [0.25, 0.3) is 0 Å². The summed E-state index contributed by atoms with van der Waals surface area (Å²) >= 11 is 1.75. The van der Waals surface area contributed by atoms with Crippen LogP contribution in [0.2, 0.25) is 0 Å². The van der Waals surface area contributed by atoms with Crippen LogP contribution in [0.15, 0.2) is 42.0 Å². The second-order valence-corrected chi connectivity index (χ2v) is 6.72. The Kier molecular flexibility index (Phi) is 4.53. The number of ether oxygens (including phenoxy) is 1. The molecule has 0 saturated carbocycles. The maximum atomic E-state index is 5.85. The van der Waals surface area contributed by atoms with Gasteiger partial charge in [-0.25, -0.2) is 9.67 Å². The summed E-state index contributed by atoms with van der Waals surface area (Å²) < 4.78 is 7.57. The molecule has 0 spiro atoms. The van der Waals surface area contributed by atoms with Crippen LogP contribution in [0.4, 0.5) is 0 Å². The Bertz CT molecular complexity index is 763. The van der Waals surface area contributed by atoms with E-state index in [0.717, 1.165) is 30.2 Å². The van der Waals surface area contributed by atoms with Gasteiger partial charge in [0.1, 0.15) is 12.4 Å². The Morgan fingerprint density at radius 1 is 1.21 bits per heavy atom. The van der Waals surface area contributed by atoms with Crippen LogP contribution in [-0.4, -0.2) is 33.1 Å². The molecule has 1 fully saturated rings. The van der Waals surface area contributed by atoms with Crippen LogP contribution in [0.5, 0.6) is 5.75 Å². The van der Waals surface area contributed by atoms with E-state index in [1.54, 1.807) is 22.2 Å². The predicted molar refractivity (Wildman–Crippen MR) is 92.6 cm³/mol. The van der Waals surface area contributed by atoms with Crippen molar-refractivity contribution in [3.05, 3.63) is 52.7 Å². The van der Waals surface area contributed by atoms with Crippen LogP contribution in [-0.2, 0) is 6.61 Å². The summed E-state index contributed by atoms with van der Waals surface area (Å²) in [6.07, 6.45) is 5.83. The molecule has 7 heteroatoms. The number of benzene rings is 1. The maximum absolute atomic E-state index is 5.85. The molecular formula is C17H19N5OS. The Morgan fingerprint density at radius 3 is 2.79 bits per heavy atom. The van der Waals surface area contributed by atoms with E-state index < -0.39 is 0 Å². The van der Waals surface area contributed by atoms with Crippen molar-refractivity contribution in [2.75, 3.05) is 13.1 Å². The van der Waals surface area contributed by atoms with Gasteiger partial charge in [0.05, 0.1) is 28.8 Å². The minimum Gasteiger partial charge on any atom is -0.487 e. The molecule has 4 rings (SSSR count). The number of nitrogens with zero attached hydrogens (tertiary/aromatic N) is 4. The highest BCUT2D eigenvalue weighted by atomic mass is 32.1. The molecule has 1 aliphatic heterocycles. The van der Waals surface area contributed by atoms with Gasteiger partial charge in [-0.05, 0) is 50.2 Å². The summed E-state index contributed by atoms with van der Waals surface area (Å²) in [6.45, 7) is 2.69. The minimum atomic E-state index is 0.504. The molecule has 0 bridgehead atoms. The topological polar surface area (TPSA) is 64.9 Å². The lowest BCUT2D eigenvalue weighted by atomic mass is 9.99. The largest absolute Gasteiger partial charge is 0.487 e. The molecule has 0 atom stereocenters. The van der Waals surface area contributed by atoms with E-state index in [9.17, 15) is 0 Å². The summed E-state index contributed by atoms with van der Waals surface area (Å²) in [5, 5.41) is 14.5. The molecule has 0 amide bonds. The van der Waals surface area contributed by atoms with Crippen LogP contribution in [0, 0.1) is 0 Å². The fraction of sp³-hybridized carbons (Fsp3) is 0.353. The standard InChI is InChI=1S/C17H19N5OS/c1-3-16(4-2-15(1)22-10-9-19-21-22)23-11-14-12-24-17(20-14)13-5-7-18-8-6-13/h1-4,9-10,12-13,18H,5-8,11H2. The highest BCUT2D eigenvalue weighted by Gasteiger charge is 2.18. The number of rotatable bonds is 5. The lowest BCUT2D eigenvalue weighted by molar-refractivity contribution is 0.301. The van der Waals surface area contributed by atoms with Gasteiger partial charge in [0, 0.05) is 11.3 Å². The SMILES string of the molecule is c1cn(-c2ccc(OCc3csc(C4CCNCC4)n3)cc2)nn1. The second kappa shape index (κ2) is 7.11. The van der Waals surface area contributed by atoms with Crippen molar-refractivity contribution in [1.82, 2.24) is 25.3 Å². The van der Waals surface area contributed by atoms with Crippen molar-refractivity contribution in [2.45, 2.75) is 25.4 Å². The first-order valence-corrected chi connectivity index (χ1v) is 9.01. The van der Waals surface area contributed by atoms with Gasteiger partial charge in [-0.1, -0.05) is 5.21 Å². The van der Waals surface area contributed by atoms with Crippen LogP contribution in [0.3, 0.4) is 0 Å². The van der Waals surface area contributed by atoms with Gasteiger partial charge in [-0.3, -0.25) is 0 Å². The average Bonchev–Trinajstić information content (AvgIpc) is 3.33. The fourth-order valence-corrected chi connectivity index (χ4v) is 3.82. The Labute approximate surface area is 144 Å².